The molecule has 23 heavy (non-hydrogen) atoms. The Kier molecular flexibility index (Phi) is 5.84. The van der Waals surface area contributed by atoms with Crippen molar-refractivity contribution in [3.8, 4) is 0 Å². The number of aryl methyl sites for hydroxylation is 1. The Morgan fingerprint density at radius 1 is 1.39 bits per heavy atom. The minimum absolute atomic E-state index is 0.222. The van der Waals surface area contributed by atoms with Gasteiger partial charge in [-0.1, -0.05) is 26.3 Å². The number of carbonyl (C=O) groups is 1. The van der Waals surface area contributed by atoms with Crippen molar-refractivity contribution in [2.75, 3.05) is 0 Å². The molecule has 0 unspecified atom stereocenters. The number of carboxylic acids is 1. The Morgan fingerprint density at radius 3 is 2.39 bits per heavy atom. The van der Waals surface area contributed by atoms with Crippen LogP contribution in [0, 0.1) is 29.9 Å². The van der Waals surface area contributed by atoms with Crippen LogP contribution >= 0.6 is 0 Å². The van der Waals surface area contributed by atoms with Crippen molar-refractivity contribution >= 4 is 21.7 Å². The number of benzene rings is 1. The molecular formula is C14H20N2O6S. The summed E-state index contributed by atoms with van der Waals surface area (Å²) in [6.45, 7) is 6.41. The van der Waals surface area contributed by atoms with Gasteiger partial charge in [0.25, 0.3) is 5.69 Å². The quantitative estimate of drug-likeness (QED) is 0.575. The normalized spacial score (nSPS) is 14.3. The lowest BCUT2D eigenvalue weighted by atomic mass is 10.0. The molecule has 128 valence electrons. The van der Waals surface area contributed by atoms with Crippen molar-refractivity contribution in [3.05, 3.63) is 33.4 Å². The van der Waals surface area contributed by atoms with Gasteiger partial charge in [0.1, 0.15) is 6.04 Å². The molecule has 0 fully saturated rings. The monoisotopic (exact) mass is 344 g/mol. The van der Waals surface area contributed by atoms with Crippen LogP contribution in [-0.2, 0) is 14.8 Å². The van der Waals surface area contributed by atoms with Gasteiger partial charge in [-0.2, -0.15) is 4.72 Å². The second-order valence-electron chi connectivity index (χ2n) is 5.44. The molecule has 0 radical (unpaired) electrons. The highest BCUT2D eigenvalue weighted by Gasteiger charge is 2.34. The SMILES string of the molecule is CC[C@H](C)[C@H](NS(=O)(=O)c1c([N+](=O)[O-])ccc(C)c1C)C(=O)O. The van der Waals surface area contributed by atoms with E-state index in [9.17, 15) is 28.4 Å². The number of hydrogen-bond donors (Lipinski definition) is 2. The minimum atomic E-state index is -4.36. The summed E-state index contributed by atoms with van der Waals surface area (Å²) in [5.74, 6) is -1.79. The third-order valence-corrected chi connectivity index (χ3v) is 5.50. The number of nitro benzene ring substituents is 1. The van der Waals surface area contributed by atoms with E-state index in [0.717, 1.165) is 6.07 Å². The van der Waals surface area contributed by atoms with Crippen molar-refractivity contribution in [1.29, 1.82) is 0 Å². The number of carboxylic acid groups (broad SMARTS) is 1. The maximum absolute atomic E-state index is 12.6. The van der Waals surface area contributed by atoms with E-state index in [1.165, 1.54) is 13.0 Å². The van der Waals surface area contributed by atoms with E-state index >= 15 is 0 Å². The van der Waals surface area contributed by atoms with E-state index < -0.39 is 43.5 Å². The molecule has 0 aliphatic heterocycles. The van der Waals surface area contributed by atoms with Gasteiger partial charge < -0.3 is 5.11 Å². The minimum Gasteiger partial charge on any atom is -0.480 e. The third kappa shape index (κ3) is 4.05. The van der Waals surface area contributed by atoms with Gasteiger partial charge in [-0.05, 0) is 30.9 Å². The van der Waals surface area contributed by atoms with Gasteiger partial charge in [-0.3, -0.25) is 14.9 Å². The average molecular weight is 344 g/mol. The Bertz CT molecular complexity index is 729. The zero-order valence-corrected chi connectivity index (χ0v) is 14.2. The highest BCUT2D eigenvalue weighted by Crippen LogP contribution is 2.29. The Morgan fingerprint density at radius 2 is 1.96 bits per heavy atom. The molecule has 0 heterocycles. The lowest BCUT2D eigenvalue weighted by molar-refractivity contribution is -0.387. The van der Waals surface area contributed by atoms with Crippen molar-refractivity contribution < 1.29 is 23.2 Å². The molecule has 2 N–H and O–H groups in total. The van der Waals surface area contributed by atoms with E-state index in [-0.39, 0.29) is 5.56 Å². The third-order valence-electron chi connectivity index (χ3n) is 3.88. The number of hydrogen-bond acceptors (Lipinski definition) is 5. The number of aliphatic carboxylic acids is 1. The van der Waals surface area contributed by atoms with Crippen LogP contribution in [0.15, 0.2) is 17.0 Å². The summed E-state index contributed by atoms with van der Waals surface area (Å²) in [7, 11) is -4.36. The predicted molar refractivity (Wildman–Crippen MR) is 83.8 cm³/mol. The zero-order chi connectivity index (χ0) is 17.9. The maximum Gasteiger partial charge on any atom is 0.322 e. The fourth-order valence-electron chi connectivity index (χ4n) is 2.13. The van der Waals surface area contributed by atoms with Crippen LogP contribution < -0.4 is 4.72 Å². The second-order valence-corrected chi connectivity index (χ2v) is 7.09. The average Bonchev–Trinajstić information content (AvgIpc) is 2.45. The predicted octanol–water partition coefficient (Wildman–Crippen LogP) is 1.99. The van der Waals surface area contributed by atoms with Crippen molar-refractivity contribution in [2.45, 2.75) is 45.1 Å². The summed E-state index contributed by atoms with van der Waals surface area (Å²) in [5.41, 5.74) is 0.209. The van der Waals surface area contributed by atoms with Gasteiger partial charge in [0.05, 0.1) is 4.92 Å². The summed E-state index contributed by atoms with van der Waals surface area (Å²) in [6.07, 6.45) is 0.439. The number of sulfonamides is 1. The second kappa shape index (κ2) is 7.05. The van der Waals surface area contributed by atoms with Gasteiger partial charge in [0, 0.05) is 6.07 Å². The summed E-state index contributed by atoms with van der Waals surface area (Å²) in [6, 6.07) is 1.20. The summed E-state index contributed by atoms with van der Waals surface area (Å²) < 4.78 is 27.3. The Labute approximate surface area is 134 Å². The lowest BCUT2D eigenvalue weighted by Gasteiger charge is -2.21. The molecule has 0 saturated carbocycles. The molecule has 0 spiro atoms. The fraction of sp³-hybridized carbons (Fsp3) is 0.500. The zero-order valence-electron chi connectivity index (χ0n) is 13.4. The first kappa shape index (κ1) is 19.0. The molecule has 0 amide bonds. The smallest absolute Gasteiger partial charge is 0.322 e. The van der Waals surface area contributed by atoms with E-state index in [2.05, 4.69) is 4.72 Å². The van der Waals surface area contributed by atoms with Crippen LogP contribution in [0.4, 0.5) is 5.69 Å². The van der Waals surface area contributed by atoms with E-state index in [1.807, 2.05) is 0 Å². The molecule has 0 saturated heterocycles. The Balaban J connectivity index is 3.47. The molecule has 9 heteroatoms. The molecule has 1 aromatic carbocycles. The number of nitrogens with one attached hydrogen (secondary N) is 1. The summed E-state index contributed by atoms with van der Waals surface area (Å²) >= 11 is 0. The fourth-order valence-corrected chi connectivity index (χ4v) is 3.90. The van der Waals surface area contributed by atoms with E-state index in [0.29, 0.717) is 12.0 Å². The first-order chi connectivity index (χ1) is 10.5. The number of nitrogens with zero attached hydrogens (tertiary/aromatic N) is 1. The van der Waals surface area contributed by atoms with E-state index in [4.69, 9.17) is 0 Å². The molecular weight excluding hydrogens is 324 g/mol. The van der Waals surface area contributed by atoms with Gasteiger partial charge in [-0.25, -0.2) is 8.42 Å². The standard InChI is InChI=1S/C14H20N2O6S/c1-5-8(2)12(14(17)18)15-23(21,22)13-10(4)9(3)6-7-11(13)16(19)20/h6-8,12,15H,5H2,1-4H3,(H,17,18)/t8-,12-/m0/s1. The number of rotatable bonds is 7. The summed E-state index contributed by atoms with van der Waals surface area (Å²) in [5, 5.41) is 20.4. The van der Waals surface area contributed by atoms with Crippen LogP contribution in [0.25, 0.3) is 0 Å². The van der Waals surface area contributed by atoms with Crippen LogP contribution in [0.5, 0.6) is 0 Å². The molecule has 0 bridgehead atoms. The van der Waals surface area contributed by atoms with Gasteiger partial charge in [-0.15, -0.1) is 0 Å². The number of nitro groups is 1. The molecule has 8 nitrogen and oxygen atoms in total. The molecule has 1 rings (SSSR count). The van der Waals surface area contributed by atoms with Crippen LogP contribution in [0.1, 0.15) is 31.4 Å². The molecule has 2 atom stereocenters. The molecule has 0 aromatic heterocycles. The highest BCUT2D eigenvalue weighted by molar-refractivity contribution is 7.89. The lowest BCUT2D eigenvalue weighted by Crippen LogP contribution is -2.45. The molecule has 0 aliphatic rings. The van der Waals surface area contributed by atoms with Crippen molar-refractivity contribution in [2.24, 2.45) is 5.92 Å². The Hall–Kier alpha value is -2.00. The summed E-state index contributed by atoms with van der Waals surface area (Å²) in [4.78, 5) is 21.2. The van der Waals surface area contributed by atoms with Gasteiger partial charge >= 0.3 is 5.97 Å². The van der Waals surface area contributed by atoms with Crippen LogP contribution in [0.3, 0.4) is 0 Å². The van der Waals surface area contributed by atoms with Gasteiger partial charge in [0.2, 0.25) is 10.0 Å². The van der Waals surface area contributed by atoms with Gasteiger partial charge in [0.15, 0.2) is 4.90 Å². The highest BCUT2D eigenvalue weighted by atomic mass is 32.2. The van der Waals surface area contributed by atoms with Crippen LogP contribution in [-0.4, -0.2) is 30.5 Å². The van der Waals surface area contributed by atoms with Crippen molar-refractivity contribution in [3.63, 3.8) is 0 Å². The largest absolute Gasteiger partial charge is 0.480 e. The first-order valence-corrected chi connectivity index (χ1v) is 8.51. The molecule has 1 aromatic rings. The molecule has 0 aliphatic carbocycles. The topological polar surface area (TPSA) is 127 Å². The van der Waals surface area contributed by atoms with E-state index in [1.54, 1.807) is 20.8 Å². The van der Waals surface area contributed by atoms with Crippen LogP contribution in [0.2, 0.25) is 0 Å². The maximum atomic E-state index is 12.6. The van der Waals surface area contributed by atoms with Crippen molar-refractivity contribution in [1.82, 2.24) is 4.72 Å². The first-order valence-electron chi connectivity index (χ1n) is 7.02.